The van der Waals surface area contributed by atoms with E-state index < -0.39 is 28.4 Å². The molecule has 196 valence electrons. The monoisotopic (exact) mass is 562 g/mol. The fraction of sp³-hybridized carbons (Fsp3) is 0.308. The van der Waals surface area contributed by atoms with Gasteiger partial charge in [-0.05, 0) is 80.6 Å². The van der Waals surface area contributed by atoms with Crippen LogP contribution in [-0.4, -0.2) is 40.6 Å². The van der Waals surface area contributed by atoms with Gasteiger partial charge in [-0.1, -0.05) is 17.7 Å². The largest absolute Gasteiger partial charge is 0.497 e. The van der Waals surface area contributed by atoms with Crippen molar-refractivity contribution in [3.8, 4) is 5.75 Å². The molecule has 1 aliphatic rings. The Labute approximate surface area is 225 Å². The van der Waals surface area contributed by atoms with Crippen molar-refractivity contribution in [1.82, 2.24) is 0 Å². The summed E-state index contributed by atoms with van der Waals surface area (Å²) < 4.78 is 38.7. The minimum Gasteiger partial charge on any atom is -0.497 e. The molecular weight excluding hydrogens is 536 g/mol. The van der Waals surface area contributed by atoms with Gasteiger partial charge in [-0.3, -0.25) is 9.10 Å². The molecule has 0 atom stereocenters. The number of esters is 1. The van der Waals surface area contributed by atoms with Gasteiger partial charge in [-0.15, -0.1) is 11.3 Å². The Kier molecular flexibility index (Phi) is 8.41. The SMILES string of the molecule is CCOC(=O)c1c(NC(=O)CN(c2cccc(Cl)c2)S(=O)(=O)c2ccc(OC)cc2)sc2c1CCCC2. The number of fused-ring (bicyclic) bond motifs is 1. The number of halogens is 1. The molecule has 2 aromatic carbocycles. The van der Waals surface area contributed by atoms with Crippen LogP contribution < -0.4 is 14.4 Å². The number of thiophene rings is 1. The molecule has 1 N–H and O–H groups in total. The first-order chi connectivity index (χ1) is 17.7. The van der Waals surface area contributed by atoms with E-state index in [2.05, 4.69) is 5.32 Å². The molecule has 37 heavy (non-hydrogen) atoms. The van der Waals surface area contributed by atoms with E-state index in [1.54, 1.807) is 25.1 Å². The first-order valence-electron chi connectivity index (χ1n) is 11.8. The molecular formula is C26H27ClN2O6S2. The minimum atomic E-state index is -4.15. The van der Waals surface area contributed by atoms with Gasteiger partial charge in [0.05, 0.1) is 29.9 Å². The van der Waals surface area contributed by atoms with Gasteiger partial charge in [0.2, 0.25) is 5.91 Å². The van der Waals surface area contributed by atoms with Gasteiger partial charge in [0.1, 0.15) is 17.3 Å². The maximum Gasteiger partial charge on any atom is 0.341 e. The Balaban J connectivity index is 1.67. The second kappa shape index (κ2) is 11.5. The van der Waals surface area contributed by atoms with Gasteiger partial charge < -0.3 is 14.8 Å². The summed E-state index contributed by atoms with van der Waals surface area (Å²) in [5, 5.41) is 3.48. The van der Waals surface area contributed by atoms with Crippen molar-refractivity contribution in [3.05, 3.63) is 69.6 Å². The van der Waals surface area contributed by atoms with Crippen LogP contribution in [0.2, 0.25) is 5.02 Å². The number of nitrogens with one attached hydrogen (secondary N) is 1. The summed E-state index contributed by atoms with van der Waals surface area (Å²) in [5.41, 5.74) is 1.50. The quantitative estimate of drug-likeness (QED) is 0.355. The van der Waals surface area contributed by atoms with Crippen molar-refractivity contribution < 1.29 is 27.5 Å². The number of ether oxygens (including phenoxy) is 2. The van der Waals surface area contributed by atoms with Crippen molar-refractivity contribution in [3.63, 3.8) is 0 Å². The Morgan fingerprint density at radius 3 is 2.51 bits per heavy atom. The third kappa shape index (κ3) is 5.92. The van der Waals surface area contributed by atoms with Crippen LogP contribution in [0.15, 0.2) is 53.4 Å². The molecule has 0 spiro atoms. The molecule has 0 saturated carbocycles. The lowest BCUT2D eigenvalue weighted by atomic mass is 9.95. The molecule has 11 heteroatoms. The summed E-state index contributed by atoms with van der Waals surface area (Å²) in [5.74, 6) is -0.588. The van der Waals surface area contributed by atoms with Gasteiger partial charge in [0.25, 0.3) is 10.0 Å². The topological polar surface area (TPSA) is 102 Å². The number of carbonyl (C=O) groups excluding carboxylic acids is 2. The lowest BCUT2D eigenvalue weighted by molar-refractivity contribution is -0.114. The summed E-state index contributed by atoms with van der Waals surface area (Å²) in [6.07, 6.45) is 3.51. The van der Waals surface area contributed by atoms with Crippen molar-refractivity contribution in [2.24, 2.45) is 0 Å². The molecule has 8 nitrogen and oxygen atoms in total. The molecule has 0 saturated heterocycles. The van der Waals surface area contributed by atoms with Crippen LogP contribution in [0.4, 0.5) is 10.7 Å². The number of carbonyl (C=O) groups is 2. The average molecular weight is 563 g/mol. The fourth-order valence-electron chi connectivity index (χ4n) is 4.19. The van der Waals surface area contributed by atoms with E-state index in [9.17, 15) is 18.0 Å². The van der Waals surface area contributed by atoms with Gasteiger partial charge in [-0.2, -0.15) is 0 Å². The highest BCUT2D eigenvalue weighted by atomic mass is 35.5. The van der Waals surface area contributed by atoms with Crippen molar-refractivity contribution in [2.45, 2.75) is 37.5 Å². The van der Waals surface area contributed by atoms with Crippen molar-refractivity contribution in [2.75, 3.05) is 29.9 Å². The summed E-state index contributed by atoms with van der Waals surface area (Å²) in [6, 6.07) is 12.2. The van der Waals surface area contributed by atoms with Crippen LogP contribution in [-0.2, 0) is 32.4 Å². The molecule has 1 aliphatic carbocycles. The molecule has 0 bridgehead atoms. The summed E-state index contributed by atoms with van der Waals surface area (Å²) in [6.45, 7) is 1.40. The van der Waals surface area contributed by atoms with Crippen LogP contribution in [0, 0.1) is 0 Å². The van der Waals surface area contributed by atoms with Crippen molar-refractivity contribution >= 4 is 55.5 Å². The standard InChI is InChI=1S/C26H27ClN2O6S2/c1-3-35-26(31)24-21-9-4-5-10-22(21)36-25(24)28-23(30)16-29(18-8-6-7-17(27)15-18)37(32,33)20-13-11-19(34-2)12-14-20/h6-8,11-15H,3-5,9-10,16H2,1-2H3,(H,28,30). The van der Waals surface area contributed by atoms with E-state index in [1.165, 1.54) is 48.8 Å². The Morgan fingerprint density at radius 2 is 1.84 bits per heavy atom. The number of aryl methyl sites for hydroxylation is 1. The molecule has 1 amide bonds. The maximum absolute atomic E-state index is 13.6. The Hall–Kier alpha value is -3.08. The number of hydrogen-bond donors (Lipinski definition) is 1. The summed E-state index contributed by atoms with van der Waals surface area (Å²) >= 11 is 7.49. The van der Waals surface area contributed by atoms with Gasteiger partial charge >= 0.3 is 5.97 Å². The van der Waals surface area contributed by atoms with Gasteiger partial charge in [0.15, 0.2) is 0 Å². The number of rotatable bonds is 9. The summed E-state index contributed by atoms with van der Waals surface area (Å²) in [7, 11) is -2.67. The number of amides is 1. The normalized spacial score (nSPS) is 12.9. The first-order valence-corrected chi connectivity index (χ1v) is 14.4. The van der Waals surface area contributed by atoms with E-state index in [1.807, 2.05) is 0 Å². The first kappa shape index (κ1) is 27.0. The highest BCUT2D eigenvalue weighted by molar-refractivity contribution is 7.92. The molecule has 0 radical (unpaired) electrons. The number of methoxy groups -OCH3 is 1. The van der Waals surface area contributed by atoms with Crippen LogP contribution >= 0.6 is 22.9 Å². The van der Waals surface area contributed by atoms with Crippen LogP contribution in [0.5, 0.6) is 5.75 Å². The number of nitrogens with zero attached hydrogens (tertiary/aromatic N) is 1. The van der Waals surface area contributed by atoms with Gasteiger partial charge in [0, 0.05) is 9.90 Å². The van der Waals surface area contributed by atoms with E-state index in [0.717, 1.165) is 40.4 Å². The zero-order chi connectivity index (χ0) is 26.6. The van der Waals surface area contributed by atoms with Crippen LogP contribution in [0.3, 0.4) is 0 Å². The van der Waals surface area contributed by atoms with E-state index in [4.69, 9.17) is 21.1 Å². The number of benzene rings is 2. The lowest BCUT2D eigenvalue weighted by Gasteiger charge is -2.24. The Morgan fingerprint density at radius 1 is 1.11 bits per heavy atom. The zero-order valence-electron chi connectivity index (χ0n) is 20.5. The highest BCUT2D eigenvalue weighted by Crippen LogP contribution is 2.39. The average Bonchev–Trinajstić information content (AvgIpc) is 3.25. The molecule has 0 aliphatic heterocycles. The second-order valence-electron chi connectivity index (χ2n) is 8.35. The smallest absolute Gasteiger partial charge is 0.341 e. The lowest BCUT2D eigenvalue weighted by Crippen LogP contribution is -2.38. The molecule has 4 rings (SSSR count). The highest BCUT2D eigenvalue weighted by Gasteiger charge is 2.30. The number of sulfonamides is 1. The van der Waals surface area contributed by atoms with E-state index >= 15 is 0 Å². The van der Waals surface area contributed by atoms with Crippen molar-refractivity contribution in [1.29, 1.82) is 0 Å². The maximum atomic E-state index is 13.6. The molecule has 0 unspecified atom stereocenters. The van der Waals surface area contributed by atoms with Crippen LogP contribution in [0.1, 0.15) is 40.6 Å². The van der Waals surface area contributed by atoms with Crippen LogP contribution in [0.25, 0.3) is 0 Å². The molecule has 0 fully saturated rings. The third-order valence-electron chi connectivity index (χ3n) is 5.93. The zero-order valence-corrected chi connectivity index (χ0v) is 22.8. The third-order valence-corrected chi connectivity index (χ3v) is 9.17. The predicted octanol–water partition coefficient (Wildman–Crippen LogP) is 5.30. The molecule has 3 aromatic rings. The Bertz CT molecular complexity index is 1400. The molecule has 1 aromatic heterocycles. The number of anilines is 2. The molecule has 1 heterocycles. The number of hydrogen-bond acceptors (Lipinski definition) is 7. The second-order valence-corrected chi connectivity index (χ2v) is 11.8. The minimum absolute atomic E-state index is 0.0140. The predicted molar refractivity (Wildman–Crippen MR) is 145 cm³/mol. The van der Waals surface area contributed by atoms with Gasteiger partial charge in [-0.25, -0.2) is 13.2 Å². The fourth-order valence-corrected chi connectivity index (χ4v) is 7.08. The van der Waals surface area contributed by atoms with E-state index in [0.29, 0.717) is 21.3 Å². The van der Waals surface area contributed by atoms with E-state index in [-0.39, 0.29) is 17.2 Å². The summed E-state index contributed by atoms with van der Waals surface area (Å²) in [4.78, 5) is 27.1.